The lowest BCUT2D eigenvalue weighted by Crippen LogP contribution is -2.29. The van der Waals surface area contributed by atoms with Crippen LogP contribution in [0.25, 0.3) is 5.76 Å². The first-order valence-corrected chi connectivity index (χ1v) is 11.9. The monoisotopic (exact) mass is 517 g/mol. The summed E-state index contributed by atoms with van der Waals surface area (Å²) in [5, 5.41) is 21.4. The number of methoxy groups -OCH3 is 2. The van der Waals surface area contributed by atoms with Gasteiger partial charge in [0, 0.05) is 5.69 Å². The van der Waals surface area contributed by atoms with Gasteiger partial charge in [-0.3, -0.25) is 14.5 Å². The molecule has 0 radical (unpaired) electrons. The molecule has 0 bridgehead atoms. The second-order valence-electron chi connectivity index (χ2n) is 8.48. The molecule has 0 aromatic heterocycles. The van der Waals surface area contributed by atoms with Crippen LogP contribution in [0.2, 0.25) is 0 Å². The van der Waals surface area contributed by atoms with Crippen LogP contribution in [0.3, 0.4) is 0 Å². The molecular formula is C29H27NO8. The number of ketones is 1. The van der Waals surface area contributed by atoms with Crippen molar-refractivity contribution in [1.29, 1.82) is 0 Å². The van der Waals surface area contributed by atoms with E-state index in [1.807, 2.05) is 6.92 Å². The van der Waals surface area contributed by atoms with E-state index in [4.69, 9.17) is 14.2 Å². The molecule has 0 aliphatic carbocycles. The van der Waals surface area contributed by atoms with Gasteiger partial charge in [0.2, 0.25) is 0 Å². The SMILES string of the molecule is CCCOC(=O)c1cccc(N2C(=O)C(=O)/C(=C(/O)c3c(OC)cccc3OC)C2c2ccc(O)cc2)c1. The van der Waals surface area contributed by atoms with Gasteiger partial charge in [-0.15, -0.1) is 0 Å². The van der Waals surface area contributed by atoms with Crippen molar-refractivity contribution in [3.63, 3.8) is 0 Å². The Balaban J connectivity index is 1.94. The summed E-state index contributed by atoms with van der Waals surface area (Å²) in [5.74, 6) is -2.44. The van der Waals surface area contributed by atoms with E-state index in [2.05, 4.69) is 0 Å². The molecule has 1 atom stereocenters. The summed E-state index contributed by atoms with van der Waals surface area (Å²) in [6, 6.07) is 15.8. The van der Waals surface area contributed by atoms with Crippen LogP contribution in [-0.2, 0) is 14.3 Å². The van der Waals surface area contributed by atoms with Crippen molar-refractivity contribution in [3.05, 3.63) is 89.0 Å². The van der Waals surface area contributed by atoms with Gasteiger partial charge in [0.1, 0.15) is 28.6 Å². The Morgan fingerprint density at radius 2 is 1.58 bits per heavy atom. The maximum Gasteiger partial charge on any atom is 0.338 e. The molecule has 9 heteroatoms. The first kappa shape index (κ1) is 26.3. The fourth-order valence-corrected chi connectivity index (χ4v) is 4.35. The minimum absolute atomic E-state index is 0.0160. The van der Waals surface area contributed by atoms with Gasteiger partial charge in [0.25, 0.3) is 11.7 Å². The van der Waals surface area contributed by atoms with Crippen LogP contribution in [0, 0.1) is 0 Å². The van der Waals surface area contributed by atoms with Gasteiger partial charge in [-0.1, -0.05) is 31.2 Å². The van der Waals surface area contributed by atoms with Crippen LogP contribution < -0.4 is 14.4 Å². The topological polar surface area (TPSA) is 123 Å². The predicted octanol–water partition coefficient (Wildman–Crippen LogP) is 4.60. The summed E-state index contributed by atoms with van der Waals surface area (Å²) in [7, 11) is 2.81. The zero-order valence-electron chi connectivity index (χ0n) is 21.1. The number of ether oxygens (including phenoxy) is 3. The average Bonchev–Trinajstić information content (AvgIpc) is 3.21. The maximum absolute atomic E-state index is 13.5. The van der Waals surface area contributed by atoms with E-state index in [1.54, 1.807) is 48.5 Å². The number of phenols is 1. The van der Waals surface area contributed by atoms with Crippen molar-refractivity contribution < 1.29 is 38.8 Å². The standard InChI is InChI=1S/C29H27NO8/c1-4-15-38-29(35)18-7-5-8-19(16-18)30-25(17-11-13-20(31)14-12-17)24(27(33)28(30)34)26(32)23-21(36-2)9-6-10-22(23)37-3/h5-14,16,25,31-32H,4,15H2,1-3H3/b26-24+. The Hall–Kier alpha value is -4.79. The van der Waals surface area contributed by atoms with E-state index < -0.39 is 29.5 Å². The third kappa shape index (κ3) is 4.78. The number of aromatic hydroxyl groups is 1. The number of hydrogen-bond donors (Lipinski definition) is 2. The summed E-state index contributed by atoms with van der Waals surface area (Å²) in [6.07, 6.45) is 0.646. The number of benzene rings is 3. The first-order valence-electron chi connectivity index (χ1n) is 11.9. The van der Waals surface area contributed by atoms with Crippen LogP contribution in [0.15, 0.2) is 72.3 Å². The second kappa shape index (κ2) is 11.1. The van der Waals surface area contributed by atoms with Crippen molar-refractivity contribution in [3.8, 4) is 17.2 Å². The first-order chi connectivity index (χ1) is 18.3. The normalized spacial score (nSPS) is 16.4. The molecule has 38 heavy (non-hydrogen) atoms. The number of phenolic OH excluding ortho intramolecular Hbond substituents is 1. The van der Waals surface area contributed by atoms with Gasteiger partial charge in [0.15, 0.2) is 0 Å². The van der Waals surface area contributed by atoms with E-state index >= 15 is 0 Å². The Labute approximate surface area is 219 Å². The Morgan fingerprint density at radius 1 is 0.947 bits per heavy atom. The van der Waals surface area contributed by atoms with Gasteiger partial charge in [-0.2, -0.15) is 0 Å². The number of aliphatic hydroxyl groups excluding tert-OH is 1. The van der Waals surface area contributed by atoms with Gasteiger partial charge >= 0.3 is 5.97 Å². The van der Waals surface area contributed by atoms with Crippen LogP contribution >= 0.6 is 0 Å². The molecule has 0 spiro atoms. The molecular weight excluding hydrogens is 490 g/mol. The quantitative estimate of drug-likeness (QED) is 0.192. The van der Waals surface area contributed by atoms with E-state index in [0.717, 1.165) is 0 Å². The molecule has 196 valence electrons. The number of rotatable bonds is 8. The summed E-state index contributed by atoms with van der Waals surface area (Å²) in [5.41, 5.74) is 0.797. The molecule has 1 aliphatic heterocycles. The van der Waals surface area contributed by atoms with Gasteiger partial charge in [-0.05, 0) is 54.4 Å². The third-order valence-electron chi connectivity index (χ3n) is 6.12. The van der Waals surface area contributed by atoms with Crippen LogP contribution in [0.4, 0.5) is 5.69 Å². The highest BCUT2D eigenvalue weighted by Crippen LogP contribution is 2.45. The number of esters is 1. The minimum Gasteiger partial charge on any atom is -0.508 e. The molecule has 0 saturated carbocycles. The molecule has 1 saturated heterocycles. The van der Waals surface area contributed by atoms with Gasteiger partial charge < -0.3 is 24.4 Å². The van der Waals surface area contributed by atoms with Crippen LogP contribution in [0.1, 0.15) is 40.9 Å². The summed E-state index contributed by atoms with van der Waals surface area (Å²) < 4.78 is 16.0. The number of amides is 1. The molecule has 1 heterocycles. The summed E-state index contributed by atoms with van der Waals surface area (Å²) >= 11 is 0. The highest BCUT2D eigenvalue weighted by Gasteiger charge is 2.47. The highest BCUT2D eigenvalue weighted by atomic mass is 16.5. The zero-order chi connectivity index (χ0) is 27.4. The lowest BCUT2D eigenvalue weighted by atomic mass is 9.94. The van der Waals surface area contributed by atoms with Crippen LogP contribution in [0.5, 0.6) is 17.2 Å². The Bertz CT molecular complexity index is 1390. The largest absolute Gasteiger partial charge is 0.508 e. The maximum atomic E-state index is 13.5. The number of anilines is 1. The number of carbonyl (C=O) groups is 3. The molecule has 2 N–H and O–H groups in total. The molecule has 4 rings (SSSR count). The lowest BCUT2D eigenvalue weighted by Gasteiger charge is -2.26. The van der Waals surface area contributed by atoms with E-state index in [0.29, 0.717) is 12.0 Å². The number of aliphatic hydroxyl groups is 1. The minimum atomic E-state index is -1.09. The van der Waals surface area contributed by atoms with Crippen molar-refractivity contribution in [2.45, 2.75) is 19.4 Å². The fourth-order valence-electron chi connectivity index (χ4n) is 4.35. The lowest BCUT2D eigenvalue weighted by molar-refractivity contribution is -0.132. The molecule has 3 aromatic carbocycles. The number of carbonyl (C=O) groups excluding carboxylic acids is 3. The number of hydrogen-bond acceptors (Lipinski definition) is 8. The van der Waals surface area contributed by atoms with E-state index in [9.17, 15) is 24.6 Å². The Kier molecular flexibility index (Phi) is 7.66. The van der Waals surface area contributed by atoms with E-state index in [-0.39, 0.29) is 46.2 Å². The zero-order valence-corrected chi connectivity index (χ0v) is 21.1. The third-order valence-corrected chi connectivity index (χ3v) is 6.12. The van der Waals surface area contributed by atoms with Crippen molar-refractivity contribution in [2.75, 3.05) is 25.7 Å². The fraction of sp³-hybridized carbons (Fsp3) is 0.207. The van der Waals surface area contributed by atoms with Crippen molar-refractivity contribution >= 4 is 29.1 Å². The summed E-state index contributed by atoms with van der Waals surface area (Å²) in [4.78, 5) is 40.7. The smallest absolute Gasteiger partial charge is 0.338 e. The highest BCUT2D eigenvalue weighted by molar-refractivity contribution is 6.51. The molecule has 1 aliphatic rings. The molecule has 9 nitrogen and oxygen atoms in total. The number of Topliss-reactive ketones (excluding diaryl/α,β-unsaturated/α-hetero) is 1. The molecule has 1 amide bonds. The summed E-state index contributed by atoms with van der Waals surface area (Å²) in [6.45, 7) is 2.11. The molecule has 1 fully saturated rings. The van der Waals surface area contributed by atoms with Crippen molar-refractivity contribution in [1.82, 2.24) is 0 Å². The molecule has 1 unspecified atom stereocenters. The second-order valence-corrected chi connectivity index (χ2v) is 8.48. The predicted molar refractivity (Wildman–Crippen MR) is 139 cm³/mol. The van der Waals surface area contributed by atoms with Gasteiger partial charge in [0.05, 0.1) is 38.0 Å². The molecule has 3 aromatic rings. The number of nitrogens with zero attached hydrogens (tertiary/aromatic N) is 1. The Morgan fingerprint density at radius 3 is 2.18 bits per heavy atom. The average molecular weight is 518 g/mol. The van der Waals surface area contributed by atoms with Crippen molar-refractivity contribution in [2.24, 2.45) is 0 Å². The van der Waals surface area contributed by atoms with Crippen LogP contribution in [-0.4, -0.2) is 48.7 Å². The van der Waals surface area contributed by atoms with Gasteiger partial charge in [-0.25, -0.2) is 4.79 Å². The van der Waals surface area contributed by atoms with E-state index in [1.165, 1.54) is 37.3 Å².